The van der Waals surface area contributed by atoms with Crippen molar-refractivity contribution in [3.63, 3.8) is 0 Å². The highest BCUT2D eigenvalue weighted by atomic mass is 35.5. The molecule has 0 aliphatic rings. The zero-order valence-electron chi connectivity index (χ0n) is 12.1. The molecule has 0 saturated carbocycles. The van der Waals surface area contributed by atoms with Gasteiger partial charge in [0.25, 0.3) is 5.91 Å². The number of benzene rings is 3. The largest absolute Gasteiger partial charge is 0.352 e. The highest BCUT2D eigenvalue weighted by molar-refractivity contribution is 6.33. The Morgan fingerprint density at radius 3 is 2.45 bits per heavy atom. The molecule has 0 bridgehead atoms. The number of amides is 1. The fourth-order valence-electron chi connectivity index (χ4n) is 2.46. The first kappa shape index (κ1) is 14.6. The molecule has 3 aromatic rings. The van der Waals surface area contributed by atoms with Gasteiger partial charge in [-0.3, -0.25) is 4.79 Å². The van der Waals surface area contributed by atoms with E-state index < -0.39 is 0 Å². The van der Waals surface area contributed by atoms with Crippen molar-refractivity contribution in [3.8, 4) is 0 Å². The monoisotopic (exact) mass is 309 g/mol. The number of rotatable bonds is 4. The van der Waals surface area contributed by atoms with E-state index in [4.69, 9.17) is 11.6 Å². The van der Waals surface area contributed by atoms with Crippen molar-refractivity contribution in [1.29, 1.82) is 0 Å². The fraction of sp³-hybridized carbons (Fsp3) is 0.105. The molecule has 3 rings (SSSR count). The Morgan fingerprint density at radius 1 is 0.909 bits per heavy atom. The van der Waals surface area contributed by atoms with Crippen molar-refractivity contribution in [3.05, 3.63) is 82.9 Å². The minimum Gasteiger partial charge on any atom is -0.352 e. The summed E-state index contributed by atoms with van der Waals surface area (Å²) in [4.78, 5) is 12.1. The maximum Gasteiger partial charge on any atom is 0.252 e. The van der Waals surface area contributed by atoms with Gasteiger partial charge in [-0.2, -0.15) is 0 Å². The third-order valence-corrected chi connectivity index (χ3v) is 3.96. The van der Waals surface area contributed by atoms with Gasteiger partial charge in [-0.15, -0.1) is 0 Å². The highest BCUT2D eigenvalue weighted by Gasteiger charge is 2.08. The molecule has 0 heterocycles. The number of carbonyl (C=O) groups excluding carboxylic acids is 1. The molecule has 0 spiro atoms. The quantitative estimate of drug-likeness (QED) is 0.757. The normalized spacial score (nSPS) is 10.6. The summed E-state index contributed by atoms with van der Waals surface area (Å²) in [6.07, 6.45) is 0.793. The van der Waals surface area contributed by atoms with E-state index in [2.05, 4.69) is 35.6 Å². The summed E-state index contributed by atoms with van der Waals surface area (Å²) >= 11 is 6.02. The molecule has 3 heteroatoms. The Morgan fingerprint density at radius 2 is 1.64 bits per heavy atom. The molecule has 1 amide bonds. The molecule has 1 N–H and O–H groups in total. The van der Waals surface area contributed by atoms with Crippen LogP contribution in [0.5, 0.6) is 0 Å². The van der Waals surface area contributed by atoms with Gasteiger partial charge in [0.1, 0.15) is 0 Å². The number of fused-ring (bicyclic) bond motifs is 1. The first-order valence-corrected chi connectivity index (χ1v) is 7.62. The van der Waals surface area contributed by atoms with Crippen molar-refractivity contribution < 1.29 is 4.79 Å². The van der Waals surface area contributed by atoms with Gasteiger partial charge in [0.2, 0.25) is 0 Å². The third-order valence-electron chi connectivity index (χ3n) is 3.63. The predicted octanol–water partition coefficient (Wildman–Crippen LogP) is 4.47. The van der Waals surface area contributed by atoms with Crippen molar-refractivity contribution in [2.75, 3.05) is 6.54 Å². The molecular formula is C19H16ClNO. The van der Waals surface area contributed by atoms with Crippen LogP contribution in [0.3, 0.4) is 0 Å². The van der Waals surface area contributed by atoms with Crippen LogP contribution in [-0.2, 0) is 6.42 Å². The molecule has 2 nitrogen and oxygen atoms in total. The Bertz CT molecular complexity index is 813. The fourth-order valence-corrected chi connectivity index (χ4v) is 2.68. The number of hydrogen-bond acceptors (Lipinski definition) is 1. The van der Waals surface area contributed by atoms with E-state index in [1.54, 1.807) is 12.1 Å². The molecular weight excluding hydrogens is 294 g/mol. The molecule has 0 aromatic heterocycles. The second-order valence-electron chi connectivity index (χ2n) is 5.17. The van der Waals surface area contributed by atoms with Crippen LogP contribution in [0.4, 0.5) is 0 Å². The minimum absolute atomic E-state index is 0.133. The zero-order chi connectivity index (χ0) is 15.4. The smallest absolute Gasteiger partial charge is 0.252 e. The first-order chi connectivity index (χ1) is 10.7. The highest BCUT2D eigenvalue weighted by Crippen LogP contribution is 2.16. The van der Waals surface area contributed by atoms with E-state index in [-0.39, 0.29) is 5.91 Å². The molecule has 0 atom stereocenters. The summed E-state index contributed by atoms with van der Waals surface area (Å²) in [7, 11) is 0. The van der Waals surface area contributed by atoms with Crippen LogP contribution < -0.4 is 5.32 Å². The van der Waals surface area contributed by atoms with Crippen LogP contribution in [-0.4, -0.2) is 12.5 Å². The van der Waals surface area contributed by atoms with Crippen LogP contribution in [0.15, 0.2) is 66.7 Å². The molecule has 0 aliphatic carbocycles. The lowest BCUT2D eigenvalue weighted by Crippen LogP contribution is -2.25. The van der Waals surface area contributed by atoms with Crippen LogP contribution in [0.25, 0.3) is 10.8 Å². The standard InChI is InChI=1S/C19H16ClNO/c20-18-8-4-3-7-17(18)19(22)21-12-11-14-9-10-15-5-1-2-6-16(15)13-14/h1-10,13H,11-12H2,(H,21,22). The molecule has 0 aliphatic heterocycles. The molecule has 0 saturated heterocycles. The van der Waals surface area contributed by atoms with Gasteiger partial charge in [-0.1, -0.05) is 66.2 Å². The second kappa shape index (κ2) is 6.63. The summed E-state index contributed by atoms with van der Waals surface area (Å²) in [6.45, 7) is 0.586. The van der Waals surface area contributed by atoms with E-state index in [1.807, 2.05) is 24.3 Å². The summed E-state index contributed by atoms with van der Waals surface area (Å²) in [5, 5.41) is 5.84. The molecule has 0 fully saturated rings. The van der Waals surface area contributed by atoms with Crippen LogP contribution in [0.2, 0.25) is 5.02 Å². The zero-order valence-corrected chi connectivity index (χ0v) is 12.8. The summed E-state index contributed by atoms with van der Waals surface area (Å²) in [5.74, 6) is -0.133. The maximum atomic E-state index is 12.1. The molecule has 0 radical (unpaired) electrons. The third kappa shape index (κ3) is 3.29. The minimum atomic E-state index is -0.133. The van der Waals surface area contributed by atoms with Gasteiger partial charge in [-0.05, 0) is 34.9 Å². The van der Waals surface area contributed by atoms with Crippen LogP contribution in [0.1, 0.15) is 15.9 Å². The number of halogens is 1. The number of hydrogen-bond donors (Lipinski definition) is 1. The topological polar surface area (TPSA) is 29.1 Å². The van der Waals surface area contributed by atoms with Gasteiger partial charge in [0.15, 0.2) is 0 Å². The van der Waals surface area contributed by atoms with E-state index >= 15 is 0 Å². The molecule has 3 aromatic carbocycles. The average molecular weight is 310 g/mol. The summed E-state index contributed by atoms with van der Waals surface area (Å²) < 4.78 is 0. The van der Waals surface area contributed by atoms with Crippen LogP contribution >= 0.6 is 11.6 Å². The molecule has 22 heavy (non-hydrogen) atoms. The Hall–Kier alpha value is -2.32. The van der Waals surface area contributed by atoms with Gasteiger partial charge in [0, 0.05) is 6.54 Å². The average Bonchev–Trinajstić information content (AvgIpc) is 2.55. The molecule has 0 unspecified atom stereocenters. The van der Waals surface area contributed by atoms with E-state index in [0.717, 1.165) is 6.42 Å². The lowest BCUT2D eigenvalue weighted by molar-refractivity contribution is 0.0954. The Balaban J connectivity index is 1.62. The SMILES string of the molecule is O=C(NCCc1ccc2ccccc2c1)c1ccccc1Cl. The summed E-state index contributed by atoms with van der Waals surface area (Å²) in [5.41, 5.74) is 1.72. The summed E-state index contributed by atoms with van der Waals surface area (Å²) in [6, 6.07) is 21.7. The van der Waals surface area contributed by atoms with Crippen LogP contribution in [0, 0.1) is 0 Å². The van der Waals surface area contributed by atoms with E-state index in [0.29, 0.717) is 17.1 Å². The lowest BCUT2D eigenvalue weighted by Gasteiger charge is -2.07. The Labute approximate surface area is 134 Å². The van der Waals surface area contributed by atoms with Gasteiger partial charge < -0.3 is 5.32 Å². The predicted molar refractivity (Wildman–Crippen MR) is 91.4 cm³/mol. The molecule has 110 valence electrons. The first-order valence-electron chi connectivity index (χ1n) is 7.24. The van der Waals surface area contributed by atoms with Gasteiger partial charge >= 0.3 is 0 Å². The number of nitrogens with one attached hydrogen (secondary N) is 1. The Kier molecular flexibility index (Phi) is 4.40. The number of carbonyl (C=O) groups is 1. The van der Waals surface area contributed by atoms with E-state index in [9.17, 15) is 4.79 Å². The van der Waals surface area contributed by atoms with Crippen molar-refractivity contribution in [1.82, 2.24) is 5.32 Å². The van der Waals surface area contributed by atoms with E-state index in [1.165, 1.54) is 16.3 Å². The maximum absolute atomic E-state index is 12.1. The van der Waals surface area contributed by atoms with Crippen molar-refractivity contribution in [2.24, 2.45) is 0 Å². The van der Waals surface area contributed by atoms with Gasteiger partial charge in [0.05, 0.1) is 10.6 Å². The van der Waals surface area contributed by atoms with Crippen molar-refractivity contribution in [2.45, 2.75) is 6.42 Å². The van der Waals surface area contributed by atoms with Gasteiger partial charge in [-0.25, -0.2) is 0 Å². The second-order valence-corrected chi connectivity index (χ2v) is 5.57. The lowest BCUT2D eigenvalue weighted by atomic mass is 10.1. The van der Waals surface area contributed by atoms with Crippen molar-refractivity contribution >= 4 is 28.3 Å².